The molecule has 0 aliphatic heterocycles. The fraction of sp³-hybridized carbons (Fsp3) is 0.175. The highest BCUT2D eigenvalue weighted by Crippen LogP contribution is 2.40. The zero-order valence-corrected chi connectivity index (χ0v) is 43.1. The van der Waals surface area contributed by atoms with Gasteiger partial charge >= 0.3 is 12.4 Å². The van der Waals surface area contributed by atoms with E-state index in [0.29, 0.717) is 34.1 Å². The molecule has 9 nitrogen and oxygen atoms in total. The molecule has 2 heterocycles. The molecule has 0 bridgehead atoms. The van der Waals surface area contributed by atoms with Gasteiger partial charge in [-0.15, -0.1) is 0 Å². The number of rotatable bonds is 10. The van der Waals surface area contributed by atoms with Gasteiger partial charge in [-0.25, -0.2) is 9.69 Å². The lowest BCUT2D eigenvalue weighted by Crippen LogP contribution is -2.25. The van der Waals surface area contributed by atoms with Crippen LogP contribution in [0, 0.1) is 47.8 Å². The molecule has 396 valence electrons. The van der Waals surface area contributed by atoms with Crippen molar-refractivity contribution in [2.45, 2.75) is 72.9 Å². The van der Waals surface area contributed by atoms with Crippen LogP contribution in [0.25, 0.3) is 32.2 Å². The zero-order chi connectivity index (χ0) is 56.3. The molecular formula is C63H52F6N4O5. The van der Waals surface area contributed by atoms with Crippen LogP contribution < -0.4 is 20.6 Å². The van der Waals surface area contributed by atoms with Crippen molar-refractivity contribution in [2.24, 2.45) is 0 Å². The summed E-state index contributed by atoms with van der Waals surface area (Å²) in [6, 6.07) is 39.3. The van der Waals surface area contributed by atoms with Crippen LogP contribution >= 0.6 is 0 Å². The summed E-state index contributed by atoms with van der Waals surface area (Å²) in [5.41, 5.74) is 0.942. The number of ether oxygens (including phenoxy) is 2. The van der Waals surface area contributed by atoms with Crippen LogP contribution in [0.15, 0.2) is 179 Å². The summed E-state index contributed by atoms with van der Waals surface area (Å²) in [4.78, 5) is 32.3. The third-order valence-electron chi connectivity index (χ3n) is 12.5. The molecule has 9 rings (SSSR count). The Bertz CT molecular complexity index is 3460. The predicted octanol–water partition coefficient (Wildman–Crippen LogP) is 17.0. The first-order valence-corrected chi connectivity index (χ1v) is 24.4. The molecule has 0 amide bonds. The smallest absolute Gasteiger partial charge is 0.407 e. The van der Waals surface area contributed by atoms with E-state index in [1.165, 1.54) is 21.3 Å². The van der Waals surface area contributed by atoms with E-state index < -0.39 is 46.0 Å². The Morgan fingerprint density at radius 3 is 1.10 bits per heavy atom. The minimum atomic E-state index is -4.87. The molecule has 0 fully saturated rings. The Morgan fingerprint density at radius 1 is 0.474 bits per heavy atom. The molecule has 1 aliphatic carbocycles. The van der Waals surface area contributed by atoms with Crippen molar-refractivity contribution >= 4 is 11.4 Å². The van der Waals surface area contributed by atoms with Gasteiger partial charge in [-0.2, -0.15) is 26.3 Å². The van der Waals surface area contributed by atoms with E-state index in [0.717, 1.165) is 63.9 Å². The lowest BCUT2D eigenvalue weighted by molar-refractivity contribution is -0.137. The summed E-state index contributed by atoms with van der Waals surface area (Å²) in [6.45, 7) is 24.1. The average molecular weight is 1060 g/mol. The first kappa shape index (κ1) is 56.4. The van der Waals surface area contributed by atoms with E-state index in [9.17, 15) is 41.0 Å². The third kappa shape index (κ3) is 14.1. The standard InChI is InChI=1S/C29H23F3N2O2.C28H21F3N2O3.C6H8/c1-18-6-11-23(12-7-18)36-24-13-9-21(10-14-24)26-16-25(29(30,31)32)27(33-4)28(35)34(26)17-22-8-5-19(2)15-20(22)3;1-17-4-5-20(18(2)14-17)16-33-25(15-24(28(29,30)31)26(32-3)27(33)35)19-6-10-22(11-7-19)36-23-12-8-21(34)9-13-23;1-2-4-6-5-3-1/h5-16H,17H2,1-3H3;4-15,34H,16H2,1-2H3;1-2,5-6H,3-4H2. The van der Waals surface area contributed by atoms with Crippen molar-refractivity contribution in [3.05, 3.63) is 264 Å². The maximum Gasteiger partial charge on any atom is 0.407 e. The van der Waals surface area contributed by atoms with Gasteiger partial charge in [0.2, 0.25) is 0 Å². The number of pyridine rings is 2. The molecule has 1 aliphatic rings. The Kier molecular flexibility index (Phi) is 17.7. The summed E-state index contributed by atoms with van der Waals surface area (Å²) in [7, 11) is 0. The number of aromatic nitrogens is 2. The molecule has 0 atom stereocenters. The van der Waals surface area contributed by atoms with Gasteiger partial charge in [0.1, 0.15) is 28.7 Å². The number of aryl methyl sites for hydroxylation is 5. The third-order valence-corrected chi connectivity index (χ3v) is 12.5. The number of hydrogen-bond donors (Lipinski definition) is 1. The van der Waals surface area contributed by atoms with E-state index in [2.05, 4.69) is 34.0 Å². The number of halogens is 6. The van der Waals surface area contributed by atoms with E-state index >= 15 is 0 Å². The van der Waals surface area contributed by atoms with Crippen molar-refractivity contribution < 1.29 is 40.9 Å². The fourth-order valence-corrected chi connectivity index (χ4v) is 8.42. The highest BCUT2D eigenvalue weighted by Gasteiger charge is 2.38. The van der Waals surface area contributed by atoms with Crippen molar-refractivity contribution in [2.75, 3.05) is 0 Å². The van der Waals surface area contributed by atoms with Crippen LogP contribution in [0.3, 0.4) is 0 Å². The summed E-state index contributed by atoms with van der Waals surface area (Å²) in [6.07, 6.45) is 1.29. The van der Waals surface area contributed by atoms with Gasteiger partial charge in [0, 0.05) is 11.4 Å². The van der Waals surface area contributed by atoms with Gasteiger partial charge in [-0.1, -0.05) is 89.5 Å². The topological polar surface area (TPSA) is 91.4 Å². The number of alkyl halides is 6. The lowest BCUT2D eigenvalue weighted by Gasteiger charge is -2.19. The van der Waals surface area contributed by atoms with Crippen LogP contribution in [-0.2, 0) is 25.4 Å². The highest BCUT2D eigenvalue weighted by atomic mass is 19.4. The van der Waals surface area contributed by atoms with Gasteiger partial charge in [-0.05, 0) is 178 Å². The second kappa shape index (κ2) is 24.6. The zero-order valence-electron chi connectivity index (χ0n) is 43.1. The van der Waals surface area contributed by atoms with Gasteiger partial charge in [0.15, 0.2) is 0 Å². The van der Waals surface area contributed by atoms with Gasteiger partial charge < -0.3 is 23.7 Å². The van der Waals surface area contributed by atoms with Gasteiger partial charge in [0.25, 0.3) is 22.5 Å². The second-order valence-corrected chi connectivity index (χ2v) is 18.4. The molecule has 0 radical (unpaired) electrons. The molecule has 0 saturated heterocycles. The average Bonchev–Trinajstić information content (AvgIpc) is 3.47. The van der Waals surface area contributed by atoms with E-state index in [-0.39, 0.29) is 30.2 Å². The number of phenolic OH excluding ortho intramolecular Hbond substituents is 1. The molecule has 15 heteroatoms. The number of hydrogen-bond acceptors (Lipinski definition) is 5. The lowest BCUT2D eigenvalue weighted by atomic mass is 10.0. The minimum absolute atomic E-state index is 0.00664. The SMILES string of the molecule is C1=CCC=CC1.[C-]#[N+]c1c(C(F)(F)F)cc(-c2ccc(Oc3ccc(C)cc3)cc2)n(Cc2ccc(C)cc2C)c1=O.[C-]#[N+]c1c(C(F)(F)F)cc(-c2ccc(Oc3ccc(O)cc3)cc2)n(Cc2ccc(C)cc2C)c1=O. The first-order chi connectivity index (χ1) is 37.1. The molecule has 2 aromatic heterocycles. The summed E-state index contributed by atoms with van der Waals surface area (Å²) >= 11 is 0. The van der Waals surface area contributed by atoms with Crippen molar-refractivity contribution in [3.63, 3.8) is 0 Å². The molecule has 0 spiro atoms. The molecule has 8 aromatic rings. The Morgan fingerprint density at radius 2 is 0.795 bits per heavy atom. The van der Waals surface area contributed by atoms with Crippen LogP contribution in [0.5, 0.6) is 28.7 Å². The maximum absolute atomic E-state index is 13.8. The maximum atomic E-state index is 13.8. The van der Waals surface area contributed by atoms with Gasteiger partial charge in [0.05, 0.1) is 37.4 Å². The fourth-order valence-electron chi connectivity index (χ4n) is 8.42. The van der Waals surface area contributed by atoms with Crippen LogP contribution in [0.1, 0.15) is 62.9 Å². The van der Waals surface area contributed by atoms with Crippen molar-refractivity contribution in [3.8, 4) is 51.3 Å². The Labute approximate surface area is 447 Å². The molecule has 1 N–H and O–H groups in total. The van der Waals surface area contributed by atoms with Crippen LogP contribution in [0.4, 0.5) is 37.7 Å². The van der Waals surface area contributed by atoms with Crippen molar-refractivity contribution in [1.82, 2.24) is 9.13 Å². The second-order valence-electron chi connectivity index (χ2n) is 18.4. The summed E-state index contributed by atoms with van der Waals surface area (Å²) < 4.78 is 96.7. The number of nitrogens with zero attached hydrogens (tertiary/aromatic N) is 4. The van der Waals surface area contributed by atoms with Gasteiger partial charge in [-0.3, -0.25) is 9.59 Å². The molecule has 0 unspecified atom stereocenters. The summed E-state index contributed by atoms with van der Waals surface area (Å²) in [5.74, 6) is 2.10. The Hall–Kier alpha value is -9.34. The van der Waals surface area contributed by atoms with E-state index in [1.807, 2.05) is 95.3 Å². The Balaban J connectivity index is 0.000000204. The van der Waals surface area contributed by atoms with E-state index in [4.69, 9.17) is 22.6 Å². The monoisotopic (exact) mass is 1060 g/mol. The first-order valence-electron chi connectivity index (χ1n) is 24.4. The quantitative estimate of drug-likeness (QED) is 0.0837. The van der Waals surface area contributed by atoms with Crippen molar-refractivity contribution in [1.29, 1.82) is 0 Å². The largest absolute Gasteiger partial charge is 0.508 e. The minimum Gasteiger partial charge on any atom is -0.508 e. The number of phenols is 1. The van der Waals surface area contributed by atoms with Crippen LogP contribution in [-0.4, -0.2) is 14.2 Å². The van der Waals surface area contributed by atoms with E-state index in [1.54, 1.807) is 60.7 Å². The number of aromatic hydroxyl groups is 1. The molecular weight excluding hydrogens is 1010 g/mol. The number of benzene rings is 6. The normalized spacial score (nSPS) is 11.8. The predicted molar refractivity (Wildman–Crippen MR) is 292 cm³/mol. The molecule has 78 heavy (non-hydrogen) atoms. The summed E-state index contributed by atoms with van der Waals surface area (Å²) in [5, 5.41) is 9.40. The number of allylic oxidation sites excluding steroid dienone is 4. The highest BCUT2D eigenvalue weighted by molar-refractivity contribution is 5.68. The molecule has 6 aromatic carbocycles. The molecule has 0 saturated carbocycles. The van der Waals surface area contributed by atoms with Crippen LogP contribution in [0.2, 0.25) is 0 Å².